The number of hydrogen-bond acceptors (Lipinski definition) is 2. The van der Waals surface area contributed by atoms with Gasteiger partial charge in [-0.3, -0.25) is 4.79 Å². The third-order valence-electron chi connectivity index (χ3n) is 3.90. The van der Waals surface area contributed by atoms with Crippen molar-refractivity contribution in [3.05, 3.63) is 35.0 Å². The average molecular weight is 267 g/mol. The minimum absolute atomic E-state index is 0.0101. The van der Waals surface area contributed by atoms with Crippen molar-refractivity contribution in [2.45, 2.75) is 32.7 Å². The Morgan fingerprint density at radius 3 is 2.95 bits per heavy atom. The van der Waals surface area contributed by atoms with E-state index < -0.39 is 0 Å². The smallest absolute Gasteiger partial charge is 0.222 e. The van der Waals surface area contributed by atoms with E-state index in [9.17, 15) is 4.79 Å². The molecule has 3 rings (SSSR count). The monoisotopic (exact) mass is 267 g/mol. The highest BCUT2D eigenvalue weighted by atomic mass is 16.1. The third kappa shape index (κ3) is 2.05. The number of aromatic amines is 1. The Balaban J connectivity index is 1.87. The largest absolute Gasteiger partial charge is 0.358 e. The van der Waals surface area contributed by atoms with Gasteiger partial charge in [0.1, 0.15) is 0 Å². The molecule has 0 saturated carbocycles. The number of aromatic nitrogens is 1. The second kappa shape index (κ2) is 4.68. The maximum atomic E-state index is 11.8. The number of rotatable bonds is 2. The molecule has 102 valence electrons. The second-order valence-corrected chi connectivity index (χ2v) is 5.72. The summed E-state index contributed by atoms with van der Waals surface area (Å²) >= 11 is 0. The number of carbonyl (C=O) groups excluding carboxylic acids is 1. The van der Waals surface area contributed by atoms with Crippen LogP contribution in [0.5, 0.6) is 0 Å². The molecule has 1 aromatic heterocycles. The van der Waals surface area contributed by atoms with Gasteiger partial charge in [0.2, 0.25) is 5.91 Å². The normalized spacial score (nSPS) is 17.2. The lowest BCUT2D eigenvalue weighted by atomic mass is 10.1. The van der Waals surface area contributed by atoms with Crippen LogP contribution in [0, 0.1) is 17.2 Å². The number of nitrogens with zero attached hydrogens (tertiary/aromatic N) is 1. The van der Waals surface area contributed by atoms with Crippen molar-refractivity contribution in [1.29, 1.82) is 5.26 Å². The van der Waals surface area contributed by atoms with Gasteiger partial charge >= 0.3 is 0 Å². The molecule has 20 heavy (non-hydrogen) atoms. The highest BCUT2D eigenvalue weighted by Gasteiger charge is 2.27. The first-order chi connectivity index (χ1) is 9.58. The van der Waals surface area contributed by atoms with Crippen LogP contribution >= 0.6 is 0 Å². The lowest BCUT2D eigenvalue weighted by Gasteiger charge is -2.14. The minimum Gasteiger partial charge on any atom is -0.358 e. The Hall–Kier alpha value is -2.28. The van der Waals surface area contributed by atoms with Gasteiger partial charge in [-0.2, -0.15) is 5.26 Å². The lowest BCUT2D eigenvalue weighted by Crippen LogP contribution is -2.37. The van der Waals surface area contributed by atoms with Gasteiger partial charge in [-0.1, -0.05) is 13.8 Å². The van der Waals surface area contributed by atoms with Crippen LogP contribution in [0.15, 0.2) is 18.2 Å². The molecular formula is C16H17N3O. The average Bonchev–Trinajstić information content (AvgIpc) is 2.95. The van der Waals surface area contributed by atoms with Crippen LogP contribution in [-0.4, -0.2) is 16.9 Å². The summed E-state index contributed by atoms with van der Waals surface area (Å²) in [5.41, 5.74) is 4.17. The molecule has 1 aliphatic rings. The third-order valence-corrected chi connectivity index (χ3v) is 3.90. The number of fused-ring (bicyclic) bond motifs is 3. The minimum atomic E-state index is 0.0101. The molecule has 0 radical (unpaired) electrons. The SMILES string of the molecule is CC(C)C(=O)NC1Cc2[nH]c3ccc(C#N)cc3c2C1. The maximum absolute atomic E-state index is 11.8. The first-order valence-corrected chi connectivity index (χ1v) is 6.92. The fraction of sp³-hybridized carbons (Fsp3) is 0.375. The molecule has 1 atom stereocenters. The van der Waals surface area contributed by atoms with Gasteiger partial charge < -0.3 is 10.3 Å². The van der Waals surface area contributed by atoms with Crippen LogP contribution in [0.3, 0.4) is 0 Å². The fourth-order valence-electron chi connectivity index (χ4n) is 2.82. The predicted octanol–water partition coefficient (Wildman–Crippen LogP) is 2.28. The number of benzene rings is 1. The molecule has 4 nitrogen and oxygen atoms in total. The van der Waals surface area contributed by atoms with Crippen molar-refractivity contribution in [2.75, 3.05) is 0 Å². The van der Waals surface area contributed by atoms with E-state index in [2.05, 4.69) is 16.4 Å². The maximum Gasteiger partial charge on any atom is 0.222 e. The van der Waals surface area contributed by atoms with E-state index in [1.165, 1.54) is 11.3 Å². The van der Waals surface area contributed by atoms with Crippen LogP contribution in [0.2, 0.25) is 0 Å². The standard InChI is InChI=1S/C16H17N3O/c1-9(2)16(20)18-11-6-13-12-5-10(8-17)3-4-14(12)19-15(13)7-11/h3-5,9,11,19H,6-7H2,1-2H3,(H,18,20). The molecule has 1 heterocycles. The van der Waals surface area contributed by atoms with Crippen molar-refractivity contribution in [3.63, 3.8) is 0 Å². The fourth-order valence-corrected chi connectivity index (χ4v) is 2.82. The molecule has 1 unspecified atom stereocenters. The molecule has 0 fully saturated rings. The second-order valence-electron chi connectivity index (χ2n) is 5.72. The number of H-pyrrole nitrogens is 1. The summed E-state index contributed by atoms with van der Waals surface area (Å²) in [6.45, 7) is 3.80. The van der Waals surface area contributed by atoms with E-state index in [1.54, 1.807) is 0 Å². The zero-order valence-electron chi connectivity index (χ0n) is 11.7. The Bertz CT molecular complexity index is 721. The molecular weight excluding hydrogens is 250 g/mol. The molecule has 2 N–H and O–H groups in total. The van der Waals surface area contributed by atoms with Gasteiger partial charge in [-0.15, -0.1) is 0 Å². The van der Waals surface area contributed by atoms with Crippen LogP contribution < -0.4 is 5.32 Å². The van der Waals surface area contributed by atoms with Crippen LogP contribution in [0.4, 0.5) is 0 Å². The Labute approximate surface area is 117 Å². The molecule has 0 aliphatic heterocycles. The molecule has 0 bridgehead atoms. The van der Waals surface area contributed by atoms with Crippen LogP contribution in [0.1, 0.15) is 30.7 Å². The molecule has 1 aromatic carbocycles. The Morgan fingerprint density at radius 1 is 1.45 bits per heavy atom. The van der Waals surface area contributed by atoms with Crippen LogP contribution in [-0.2, 0) is 17.6 Å². The molecule has 0 saturated heterocycles. The van der Waals surface area contributed by atoms with Gasteiger partial charge in [0, 0.05) is 35.0 Å². The molecule has 1 amide bonds. The van der Waals surface area contributed by atoms with Gasteiger partial charge in [0.25, 0.3) is 0 Å². The summed E-state index contributed by atoms with van der Waals surface area (Å²) in [6, 6.07) is 8.05. The number of carbonyl (C=O) groups is 1. The molecule has 4 heteroatoms. The van der Waals surface area contributed by atoms with E-state index in [1.807, 2.05) is 32.0 Å². The van der Waals surface area contributed by atoms with E-state index in [-0.39, 0.29) is 17.9 Å². The van der Waals surface area contributed by atoms with Gasteiger partial charge in [-0.25, -0.2) is 0 Å². The predicted molar refractivity (Wildman–Crippen MR) is 77.2 cm³/mol. The number of amides is 1. The van der Waals surface area contributed by atoms with Crippen molar-refractivity contribution in [2.24, 2.45) is 5.92 Å². The molecule has 0 spiro atoms. The molecule has 2 aromatic rings. The first kappa shape index (κ1) is 12.7. The summed E-state index contributed by atoms with van der Waals surface area (Å²) in [7, 11) is 0. The topological polar surface area (TPSA) is 68.7 Å². The van der Waals surface area contributed by atoms with E-state index in [4.69, 9.17) is 5.26 Å². The lowest BCUT2D eigenvalue weighted by molar-refractivity contribution is -0.124. The number of hydrogen-bond donors (Lipinski definition) is 2. The van der Waals surface area contributed by atoms with Gasteiger partial charge in [0.15, 0.2) is 0 Å². The Kier molecular flexibility index (Phi) is 2.98. The summed E-state index contributed by atoms with van der Waals surface area (Å²) < 4.78 is 0. The first-order valence-electron chi connectivity index (χ1n) is 6.92. The Morgan fingerprint density at radius 2 is 2.25 bits per heavy atom. The number of nitrogens with one attached hydrogen (secondary N) is 2. The van der Waals surface area contributed by atoms with Crippen LogP contribution in [0.25, 0.3) is 10.9 Å². The van der Waals surface area contributed by atoms with Crippen molar-refractivity contribution in [1.82, 2.24) is 10.3 Å². The van der Waals surface area contributed by atoms with Crippen molar-refractivity contribution < 1.29 is 4.79 Å². The highest BCUT2D eigenvalue weighted by Crippen LogP contribution is 2.30. The van der Waals surface area contributed by atoms with Gasteiger partial charge in [-0.05, 0) is 30.2 Å². The summed E-state index contributed by atoms with van der Waals surface area (Å²) in [5.74, 6) is 0.109. The molecule has 1 aliphatic carbocycles. The highest BCUT2D eigenvalue weighted by molar-refractivity contribution is 5.87. The summed E-state index contributed by atoms with van der Waals surface area (Å²) in [4.78, 5) is 15.2. The zero-order chi connectivity index (χ0) is 14.3. The zero-order valence-corrected chi connectivity index (χ0v) is 11.7. The van der Waals surface area contributed by atoms with E-state index >= 15 is 0 Å². The van der Waals surface area contributed by atoms with Crippen molar-refractivity contribution in [3.8, 4) is 6.07 Å². The summed E-state index contributed by atoms with van der Waals surface area (Å²) in [5, 5.41) is 13.2. The summed E-state index contributed by atoms with van der Waals surface area (Å²) in [6.07, 6.45) is 1.67. The quantitative estimate of drug-likeness (QED) is 0.876. The van der Waals surface area contributed by atoms with E-state index in [0.717, 1.165) is 23.7 Å². The van der Waals surface area contributed by atoms with Crippen molar-refractivity contribution >= 4 is 16.8 Å². The number of nitriles is 1. The van der Waals surface area contributed by atoms with Gasteiger partial charge in [0.05, 0.1) is 11.6 Å². The van der Waals surface area contributed by atoms with E-state index in [0.29, 0.717) is 5.56 Å².